The second kappa shape index (κ2) is 11.9. The maximum Gasteiger partial charge on any atom is 0.240 e. The largest absolute Gasteiger partial charge is 0.481 e. The zero-order valence-corrected chi connectivity index (χ0v) is 23.3. The van der Waals surface area contributed by atoms with Gasteiger partial charge in [-0.25, -0.2) is 23.4 Å². The van der Waals surface area contributed by atoms with Crippen LogP contribution >= 0.6 is 11.6 Å². The first-order chi connectivity index (χ1) is 18.1. The molecule has 1 saturated heterocycles. The molecule has 15 heteroatoms. The van der Waals surface area contributed by atoms with Crippen LogP contribution < -0.4 is 9.46 Å². The Morgan fingerprint density at radius 3 is 2.58 bits per heavy atom. The van der Waals surface area contributed by atoms with Gasteiger partial charge in [0.25, 0.3) is 0 Å². The molecule has 0 amide bonds. The predicted octanol–water partition coefficient (Wildman–Crippen LogP) is 2.20. The monoisotopic (exact) mass is 566 g/mol. The van der Waals surface area contributed by atoms with E-state index in [0.29, 0.717) is 35.6 Å². The summed E-state index contributed by atoms with van der Waals surface area (Å²) in [4.78, 5) is 14.9. The zero-order chi connectivity index (χ0) is 27.4. The minimum atomic E-state index is -4.07. The van der Waals surface area contributed by atoms with E-state index in [1.54, 1.807) is 22.8 Å². The molecule has 206 valence electrons. The number of likely N-dealkylation sites (N-methyl/N-ethyl adjacent to an activating group) is 1. The van der Waals surface area contributed by atoms with Gasteiger partial charge in [-0.05, 0) is 27.0 Å². The highest BCUT2D eigenvalue weighted by molar-refractivity contribution is 7.93. The van der Waals surface area contributed by atoms with Crippen LogP contribution in [0.2, 0.25) is 5.02 Å². The van der Waals surface area contributed by atoms with Gasteiger partial charge in [-0.15, -0.1) is 10.2 Å². The number of nitrogens with zero attached hydrogens (tertiary/aromatic N) is 7. The highest BCUT2D eigenvalue weighted by Gasteiger charge is 2.36. The SMILES string of the molecule is COc1cccc(-c2nnc(NS(=O)(=O)[C@@H](C)[C@H](OC)c3ncc(Cl)cn3)n2[C@H](C)C2CN(C)CCO2)n1. The smallest absolute Gasteiger partial charge is 0.240 e. The molecular weight excluding hydrogens is 536 g/mol. The zero-order valence-electron chi connectivity index (χ0n) is 21.8. The van der Waals surface area contributed by atoms with Gasteiger partial charge >= 0.3 is 0 Å². The summed E-state index contributed by atoms with van der Waals surface area (Å²) in [7, 11) is 0.846. The molecule has 4 heterocycles. The first-order valence-corrected chi connectivity index (χ1v) is 13.8. The highest BCUT2D eigenvalue weighted by atomic mass is 35.5. The molecule has 0 aliphatic carbocycles. The number of ether oxygens (including phenoxy) is 3. The van der Waals surface area contributed by atoms with E-state index in [4.69, 9.17) is 25.8 Å². The Labute approximate surface area is 226 Å². The van der Waals surface area contributed by atoms with Crippen molar-refractivity contribution in [3.8, 4) is 17.4 Å². The number of sulfonamides is 1. The third kappa shape index (κ3) is 6.04. The van der Waals surface area contributed by atoms with Gasteiger partial charge in [-0.1, -0.05) is 17.7 Å². The van der Waals surface area contributed by atoms with Crippen molar-refractivity contribution in [3.05, 3.63) is 41.4 Å². The number of morpholine rings is 1. The maximum absolute atomic E-state index is 13.6. The van der Waals surface area contributed by atoms with Crippen LogP contribution in [0.4, 0.5) is 5.95 Å². The molecule has 3 aromatic heterocycles. The highest BCUT2D eigenvalue weighted by Crippen LogP contribution is 2.31. The van der Waals surface area contributed by atoms with Crippen molar-refractivity contribution in [2.24, 2.45) is 0 Å². The number of hydrogen-bond donors (Lipinski definition) is 1. The third-order valence-electron chi connectivity index (χ3n) is 6.40. The van der Waals surface area contributed by atoms with Gasteiger partial charge in [0.2, 0.25) is 21.9 Å². The maximum atomic E-state index is 13.6. The Kier molecular flexibility index (Phi) is 8.78. The second-order valence-corrected chi connectivity index (χ2v) is 11.4. The molecule has 0 aromatic carbocycles. The van der Waals surface area contributed by atoms with E-state index >= 15 is 0 Å². The molecule has 1 N–H and O–H groups in total. The standard InChI is InChI=1S/C23H31ClN8O5S/c1-14(18-13-31(3)9-10-37-18)32-22(17-7-6-8-19(27-17)35-4)28-29-23(32)30-38(33,34)15(2)20(36-5)21-25-11-16(24)12-26-21/h6-8,11-12,14-15,18,20H,9-10,13H2,1-5H3,(H,29,30)/t14-,15+,18?,20+/m1/s1. The van der Waals surface area contributed by atoms with Crippen molar-refractivity contribution >= 4 is 27.6 Å². The fourth-order valence-corrected chi connectivity index (χ4v) is 5.44. The number of anilines is 1. The van der Waals surface area contributed by atoms with Gasteiger partial charge in [-0.3, -0.25) is 9.29 Å². The Bertz CT molecular complexity index is 1340. The van der Waals surface area contributed by atoms with Gasteiger partial charge in [0, 0.05) is 38.7 Å². The van der Waals surface area contributed by atoms with Crippen LogP contribution in [-0.4, -0.2) is 95.4 Å². The molecule has 13 nitrogen and oxygen atoms in total. The molecule has 0 bridgehead atoms. The molecule has 3 aromatic rings. The van der Waals surface area contributed by atoms with E-state index in [0.717, 1.165) is 6.54 Å². The van der Waals surface area contributed by atoms with E-state index < -0.39 is 21.4 Å². The van der Waals surface area contributed by atoms with Crippen molar-refractivity contribution in [1.29, 1.82) is 0 Å². The fourth-order valence-electron chi connectivity index (χ4n) is 4.20. The Hall–Kier alpha value is -2.91. The first-order valence-electron chi connectivity index (χ1n) is 11.9. The van der Waals surface area contributed by atoms with Crippen molar-refractivity contribution in [1.82, 2.24) is 34.6 Å². The lowest BCUT2D eigenvalue weighted by atomic mass is 10.1. The number of rotatable bonds is 10. The summed E-state index contributed by atoms with van der Waals surface area (Å²) in [6.45, 7) is 5.43. The number of nitrogens with one attached hydrogen (secondary N) is 1. The minimum Gasteiger partial charge on any atom is -0.481 e. The first kappa shape index (κ1) is 28.1. The molecule has 38 heavy (non-hydrogen) atoms. The third-order valence-corrected chi connectivity index (χ3v) is 8.29. The topological polar surface area (TPSA) is 146 Å². The van der Waals surface area contributed by atoms with Crippen molar-refractivity contribution in [3.63, 3.8) is 0 Å². The molecule has 1 fully saturated rings. The summed E-state index contributed by atoms with van der Waals surface area (Å²) in [6.07, 6.45) is 1.56. The molecule has 4 rings (SSSR count). The van der Waals surface area contributed by atoms with Crippen molar-refractivity contribution in [2.75, 3.05) is 45.7 Å². The van der Waals surface area contributed by atoms with Crippen LogP contribution in [0.15, 0.2) is 30.6 Å². The van der Waals surface area contributed by atoms with Gasteiger partial charge < -0.3 is 19.1 Å². The number of aromatic nitrogens is 6. The van der Waals surface area contributed by atoms with Crippen LogP contribution in [-0.2, 0) is 19.5 Å². The average molecular weight is 567 g/mol. The van der Waals surface area contributed by atoms with Crippen LogP contribution in [0.5, 0.6) is 5.88 Å². The molecule has 0 radical (unpaired) electrons. The van der Waals surface area contributed by atoms with E-state index in [9.17, 15) is 8.42 Å². The summed E-state index contributed by atoms with van der Waals surface area (Å²) in [5, 5.41) is 7.74. The lowest BCUT2D eigenvalue weighted by molar-refractivity contribution is -0.0421. The molecule has 0 saturated carbocycles. The van der Waals surface area contributed by atoms with E-state index in [1.165, 1.54) is 33.5 Å². The lowest BCUT2D eigenvalue weighted by Crippen LogP contribution is -2.44. The van der Waals surface area contributed by atoms with E-state index in [2.05, 4.69) is 34.8 Å². The van der Waals surface area contributed by atoms with Crippen molar-refractivity contribution in [2.45, 2.75) is 37.3 Å². The normalized spacial score (nSPS) is 19.1. The Morgan fingerprint density at radius 2 is 1.92 bits per heavy atom. The molecule has 1 unspecified atom stereocenters. The van der Waals surface area contributed by atoms with Gasteiger partial charge in [-0.2, -0.15) is 0 Å². The second-order valence-electron chi connectivity index (χ2n) is 8.96. The van der Waals surface area contributed by atoms with Crippen LogP contribution in [0.3, 0.4) is 0 Å². The fraction of sp³-hybridized carbons (Fsp3) is 0.522. The number of halogens is 1. The summed E-state index contributed by atoms with van der Waals surface area (Å²) < 4.78 is 48.2. The molecular formula is C23H31ClN8O5S. The number of methoxy groups -OCH3 is 2. The predicted molar refractivity (Wildman–Crippen MR) is 141 cm³/mol. The van der Waals surface area contributed by atoms with Crippen LogP contribution in [0.1, 0.15) is 31.8 Å². The van der Waals surface area contributed by atoms with E-state index in [1.807, 2.05) is 14.0 Å². The van der Waals surface area contributed by atoms with Crippen LogP contribution in [0.25, 0.3) is 11.5 Å². The molecule has 1 aliphatic rings. The Balaban J connectivity index is 1.71. The molecule has 4 atom stereocenters. The van der Waals surface area contributed by atoms with Gasteiger partial charge in [0.05, 0.1) is 30.9 Å². The number of pyridine rings is 1. The summed E-state index contributed by atoms with van der Waals surface area (Å²) in [5.74, 6) is 0.958. The van der Waals surface area contributed by atoms with E-state index in [-0.39, 0.29) is 23.9 Å². The van der Waals surface area contributed by atoms with Crippen LogP contribution in [0, 0.1) is 0 Å². The van der Waals surface area contributed by atoms with Gasteiger partial charge in [0.15, 0.2) is 11.6 Å². The summed E-state index contributed by atoms with van der Waals surface area (Å²) >= 11 is 5.89. The molecule has 0 spiro atoms. The summed E-state index contributed by atoms with van der Waals surface area (Å²) in [6, 6.07) is 4.89. The number of hydrogen-bond acceptors (Lipinski definition) is 11. The van der Waals surface area contributed by atoms with Crippen molar-refractivity contribution < 1.29 is 22.6 Å². The quantitative estimate of drug-likeness (QED) is 0.385. The van der Waals surface area contributed by atoms with Gasteiger partial charge in [0.1, 0.15) is 17.0 Å². The summed E-state index contributed by atoms with van der Waals surface area (Å²) in [5.41, 5.74) is 0.468. The Morgan fingerprint density at radius 1 is 1.18 bits per heavy atom. The lowest BCUT2D eigenvalue weighted by Gasteiger charge is -2.35. The minimum absolute atomic E-state index is 0.0210. The average Bonchev–Trinajstić information content (AvgIpc) is 3.32. The molecule has 1 aliphatic heterocycles.